The van der Waals surface area contributed by atoms with Crippen LogP contribution in [0.15, 0.2) is 11.7 Å². The van der Waals surface area contributed by atoms with Gasteiger partial charge in [-0.2, -0.15) is 0 Å². The zero-order valence-corrected chi connectivity index (χ0v) is 8.68. The van der Waals surface area contributed by atoms with Crippen molar-refractivity contribution in [3.63, 3.8) is 0 Å². The highest BCUT2D eigenvalue weighted by atomic mass is 32.1. The predicted molar refractivity (Wildman–Crippen MR) is 54.9 cm³/mol. The van der Waals surface area contributed by atoms with Crippen LogP contribution in [0.2, 0.25) is 0 Å². The van der Waals surface area contributed by atoms with Crippen LogP contribution >= 0.6 is 11.3 Å². The van der Waals surface area contributed by atoms with Gasteiger partial charge in [-0.15, -0.1) is 11.3 Å². The van der Waals surface area contributed by atoms with E-state index in [0.717, 1.165) is 19.6 Å². The van der Waals surface area contributed by atoms with Gasteiger partial charge in [-0.05, 0) is 20.0 Å². The van der Waals surface area contributed by atoms with Crippen molar-refractivity contribution >= 4 is 11.3 Å². The molecule has 0 saturated carbocycles. The van der Waals surface area contributed by atoms with E-state index in [2.05, 4.69) is 22.2 Å². The number of aromatic nitrogens is 1. The molecule has 1 aliphatic heterocycles. The SMILES string of the molecule is CN(Cc1cncs1)[C@H]1CCNC1. The first-order chi connectivity index (χ1) is 6.36. The molecule has 72 valence electrons. The minimum Gasteiger partial charge on any atom is -0.315 e. The number of nitrogens with one attached hydrogen (secondary N) is 1. The Kier molecular flexibility index (Phi) is 2.93. The first kappa shape index (κ1) is 9.12. The van der Waals surface area contributed by atoms with Crippen molar-refractivity contribution in [1.82, 2.24) is 15.2 Å². The molecule has 1 N–H and O–H groups in total. The Bertz CT molecular complexity index is 241. The molecule has 1 saturated heterocycles. The summed E-state index contributed by atoms with van der Waals surface area (Å²) in [7, 11) is 2.19. The maximum atomic E-state index is 4.08. The van der Waals surface area contributed by atoms with Crippen molar-refractivity contribution in [2.24, 2.45) is 0 Å². The Morgan fingerprint density at radius 3 is 3.31 bits per heavy atom. The molecule has 0 bridgehead atoms. The molecule has 1 fully saturated rings. The lowest BCUT2D eigenvalue weighted by molar-refractivity contribution is 0.251. The van der Waals surface area contributed by atoms with E-state index in [1.807, 2.05) is 11.7 Å². The summed E-state index contributed by atoms with van der Waals surface area (Å²) >= 11 is 1.74. The zero-order valence-electron chi connectivity index (χ0n) is 7.86. The molecule has 0 unspecified atom stereocenters. The average Bonchev–Trinajstić information content (AvgIpc) is 2.74. The largest absolute Gasteiger partial charge is 0.315 e. The van der Waals surface area contributed by atoms with E-state index in [-0.39, 0.29) is 0 Å². The second-order valence-corrected chi connectivity index (χ2v) is 4.50. The third-order valence-electron chi connectivity index (χ3n) is 2.55. The molecule has 13 heavy (non-hydrogen) atoms. The van der Waals surface area contributed by atoms with Crippen LogP contribution in [-0.4, -0.2) is 36.1 Å². The van der Waals surface area contributed by atoms with E-state index < -0.39 is 0 Å². The second kappa shape index (κ2) is 4.17. The van der Waals surface area contributed by atoms with Gasteiger partial charge in [0.15, 0.2) is 0 Å². The molecule has 3 nitrogen and oxygen atoms in total. The first-order valence-electron chi connectivity index (χ1n) is 4.64. The fourth-order valence-corrected chi connectivity index (χ4v) is 2.37. The maximum Gasteiger partial charge on any atom is 0.0794 e. The Balaban J connectivity index is 1.87. The monoisotopic (exact) mass is 197 g/mol. The van der Waals surface area contributed by atoms with Gasteiger partial charge in [0.2, 0.25) is 0 Å². The predicted octanol–water partition coefficient (Wildman–Crippen LogP) is 0.937. The van der Waals surface area contributed by atoms with Gasteiger partial charge >= 0.3 is 0 Å². The van der Waals surface area contributed by atoms with Crippen molar-refractivity contribution in [1.29, 1.82) is 0 Å². The van der Waals surface area contributed by atoms with Crippen molar-refractivity contribution in [3.05, 3.63) is 16.6 Å². The van der Waals surface area contributed by atoms with Crippen LogP contribution in [0.25, 0.3) is 0 Å². The molecule has 0 aromatic carbocycles. The van der Waals surface area contributed by atoms with Gasteiger partial charge in [-0.3, -0.25) is 9.88 Å². The molecular formula is C9H15N3S. The summed E-state index contributed by atoms with van der Waals surface area (Å²) in [5.41, 5.74) is 1.90. The topological polar surface area (TPSA) is 28.2 Å². The summed E-state index contributed by atoms with van der Waals surface area (Å²) in [6.45, 7) is 3.34. The van der Waals surface area contributed by atoms with Gasteiger partial charge in [0.25, 0.3) is 0 Å². The summed E-state index contributed by atoms with van der Waals surface area (Å²) < 4.78 is 0. The highest BCUT2D eigenvalue weighted by molar-refractivity contribution is 7.09. The normalized spacial score (nSPS) is 22.8. The van der Waals surface area contributed by atoms with Gasteiger partial charge in [0.05, 0.1) is 5.51 Å². The molecule has 4 heteroatoms. The first-order valence-corrected chi connectivity index (χ1v) is 5.52. The van der Waals surface area contributed by atoms with Crippen molar-refractivity contribution < 1.29 is 0 Å². The highest BCUT2D eigenvalue weighted by Gasteiger charge is 2.19. The van der Waals surface area contributed by atoms with Crippen LogP contribution in [0.4, 0.5) is 0 Å². The van der Waals surface area contributed by atoms with Gasteiger partial charge < -0.3 is 5.32 Å². The van der Waals surface area contributed by atoms with Crippen LogP contribution in [0, 0.1) is 0 Å². The van der Waals surface area contributed by atoms with E-state index in [1.165, 1.54) is 11.3 Å². The standard InChI is InChI=1S/C9H15N3S/c1-12(8-2-3-10-4-8)6-9-5-11-7-13-9/h5,7-8,10H,2-4,6H2,1H3/t8-/m0/s1. The fourth-order valence-electron chi connectivity index (χ4n) is 1.71. The van der Waals surface area contributed by atoms with E-state index >= 15 is 0 Å². The minimum atomic E-state index is 0.710. The van der Waals surface area contributed by atoms with Crippen molar-refractivity contribution in [2.75, 3.05) is 20.1 Å². The summed E-state index contributed by atoms with van der Waals surface area (Å²) in [5.74, 6) is 0. The Labute approximate surface area is 82.8 Å². The van der Waals surface area contributed by atoms with Gasteiger partial charge in [0, 0.05) is 30.2 Å². The molecular weight excluding hydrogens is 182 g/mol. The molecule has 1 aliphatic rings. The van der Waals surface area contributed by atoms with Gasteiger partial charge in [-0.1, -0.05) is 0 Å². The van der Waals surface area contributed by atoms with E-state index in [4.69, 9.17) is 0 Å². The Morgan fingerprint density at radius 2 is 2.69 bits per heavy atom. The quantitative estimate of drug-likeness (QED) is 0.781. The van der Waals surface area contributed by atoms with Crippen LogP contribution < -0.4 is 5.32 Å². The maximum absolute atomic E-state index is 4.08. The van der Waals surface area contributed by atoms with E-state index in [9.17, 15) is 0 Å². The molecule has 0 spiro atoms. The number of likely N-dealkylation sites (N-methyl/N-ethyl adjacent to an activating group) is 1. The highest BCUT2D eigenvalue weighted by Crippen LogP contribution is 2.13. The number of hydrogen-bond donors (Lipinski definition) is 1. The summed E-state index contributed by atoms with van der Waals surface area (Å²) in [5, 5.41) is 3.38. The third kappa shape index (κ3) is 2.27. The zero-order chi connectivity index (χ0) is 9.10. The number of thiazole rings is 1. The average molecular weight is 197 g/mol. The number of hydrogen-bond acceptors (Lipinski definition) is 4. The molecule has 0 radical (unpaired) electrons. The van der Waals surface area contributed by atoms with Crippen molar-refractivity contribution in [2.45, 2.75) is 19.0 Å². The van der Waals surface area contributed by atoms with Crippen LogP contribution in [0.5, 0.6) is 0 Å². The summed E-state index contributed by atoms with van der Waals surface area (Å²) in [6.07, 6.45) is 3.23. The van der Waals surface area contributed by atoms with Crippen LogP contribution in [0.3, 0.4) is 0 Å². The van der Waals surface area contributed by atoms with Gasteiger partial charge in [0.1, 0.15) is 0 Å². The molecule has 2 rings (SSSR count). The fraction of sp³-hybridized carbons (Fsp3) is 0.667. The lowest BCUT2D eigenvalue weighted by Crippen LogP contribution is -2.32. The molecule has 1 aromatic heterocycles. The number of rotatable bonds is 3. The van der Waals surface area contributed by atoms with Crippen LogP contribution in [-0.2, 0) is 6.54 Å². The molecule has 1 aromatic rings. The van der Waals surface area contributed by atoms with Crippen LogP contribution in [0.1, 0.15) is 11.3 Å². The van der Waals surface area contributed by atoms with E-state index in [1.54, 1.807) is 11.3 Å². The Hall–Kier alpha value is -0.450. The summed E-state index contributed by atoms with van der Waals surface area (Å²) in [6, 6.07) is 0.710. The minimum absolute atomic E-state index is 0.710. The molecule has 0 aliphatic carbocycles. The lowest BCUT2D eigenvalue weighted by Gasteiger charge is -2.22. The van der Waals surface area contributed by atoms with E-state index in [0.29, 0.717) is 6.04 Å². The lowest BCUT2D eigenvalue weighted by atomic mass is 10.2. The third-order valence-corrected chi connectivity index (χ3v) is 3.31. The molecule has 0 amide bonds. The van der Waals surface area contributed by atoms with Crippen molar-refractivity contribution in [3.8, 4) is 0 Å². The van der Waals surface area contributed by atoms with Gasteiger partial charge in [-0.25, -0.2) is 0 Å². The number of nitrogens with zero attached hydrogens (tertiary/aromatic N) is 2. The molecule has 2 heterocycles. The molecule has 1 atom stereocenters. The summed E-state index contributed by atoms with van der Waals surface area (Å²) in [4.78, 5) is 7.84. The second-order valence-electron chi connectivity index (χ2n) is 3.53. The Morgan fingerprint density at radius 1 is 1.77 bits per heavy atom. The smallest absolute Gasteiger partial charge is 0.0794 e.